The van der Waals surface area contributed by atoms with Crippen LogP contribution in [0.15, 0.2) is 56.7 Å². The minimum atomic E-state index is -0.341. The summed E-state index contributed by atoms with van der Waals surface area (Å²) in [5.41, 5.74) is 3.01. The highest BCUT2D eigenvalue weighted by Gasteiger charge is 2.07. The van der Waals surface area contributed by atoms with Crippen molar-refractivity contribution in [2.75, 3.05) is 5.32 Å². The standard InChI is InChI=1S/C15H14BrN3O3/c16-11-3-1-4-12(9-11)18-14(20)6-7-15(21)19-17-10-13-5-2-8-22-13/h1-5,8-10H,6-7H2,(H,18,20)(H,19,21). The van der Waals surface area contributed by atoms with Crippen molar-refractivity contribution in [1.82, 2.24) is 5.43 Å². The lowest BCUT2D eigenvalue weighted by molar-refractivity contribution is -0.124. The molecule has 0 unspecified atom stereocenters. The van der Waals surface area contributed by atoms with Crippen molar-refractivity contribution in [3.63, 3.8) is 0 Å². The molecule has 0 saturated carbocycles. The van der Waals surface area contributed by atoms with E-state index in [1.165, 1.54) is 12.5 Å². The second-order valence-corrected chi connectivity index (χ2v) is 5.28. The number of hydrogen-bond acceptors (Lipinski definition) is 4. The quantitative estimate of drug-likeness (QED) is 0.611. The lowest BCUT2D eigenvalue weighted by Crippen LogP contribution is -2.20. The van der Waals surface area contributed by atoms with E-state index >= 15 is 0 Å². The van der Waals surface area contributed by atoms with E-state index < -0.39 is 0 Å². The predicted molar refractivity (Wildman–Crippen MR) is 86.5 cm³/mol. The first-order valence-corrected chi connectivity index (χ1v) is 7.33. The minimum absolute atomic E-state index is 0.0509. The molecule has 114 valence electrons. The van der Waals surface area contributed by atoms with Crippen molar-refractivity contribution in [1.29, 1.82) is 0 Å². The summed E-state index contributed by atoms with van der Waals surface area (Å²) >= 11 is 3.32. The largest absolute Gasteiger partial charge is 0.463 e. The number of amides is 2. The molecule has 0 bridgehead atoms. The van der Waals surface area contributed by atoms with Crippen LogP contribution in [0.4, 0.5) is 5.69 Å². The second-order valence-electron chi connectivity index (χ2n) is 4.37. The number of rotatable bonds is 6. The third-order valence-electron chi connectivity index (χ3n) is 2.61. The first kappa shape index (κ1) is 16.0. The molecule has 0 aliphatic carbocycles. The highest BCUT2D eigenvalue weighted by atomic mass is 79.9. The summed E-state index contributed by atoms with van der Waals surface area (Å²) in [7, 11) is 0. The Kier molecular flexibility index (Phi) is 5.91. The first-order valence-electron chi connectivity index (χ1n) is 6.54. The molecule has 2 N–H and O–H groups in total. The van der Waals surface area contributed by atoms with Crippen molar-refractivity contribution in [2.24, 2.45) is 5.10 Å². The molecule has 0 radical (unpaired) electrons. The maximum atomic E-state index is 11.7. The van der Waals surface area contributed by atoms with E-state index in [1.54, 1.807) is 24.3 Å². The zero-order valence-corrected chi connectivity index (χ0v) is 13.2. The van der Waals surface area contributed by atoms with Gasteiger partial charge in [-0.3, -0.25) is 9.59 Å². The van der Waals surface area contributed by atoms with Crippen molar-refractivity contribution in [3.05, 3.63) is 52.9 Å². The summed E-state index contributed by atoms with van der Waals surface area (Å²) in [6.07, 6.45) is 3.03. The van der Waals surface area contributed by atoms with Gasteiger partial charge in [0.25, 0.3) is 0 Å². The molecular weight excluding hydrogens is 350 g/mol. The first-order chi connectivity index (χ1) is 10.6. The zero-order chi connectivity index (χ0) is 15.8. The second kappa shape index (κ2) is 8.14. The van der Waals surface area contributed by atoms with Gasteiger partial charge in [-0.15, -0.1) is 0 Å². The molecule has 6 nitrogen and oxygen atoms in total. The normalized spacial score (nSPS) is 10.6. The Balaban J connectivity index is 1.70. The molecule has 2 aromatic rings. The predicted octanol–water partition coefficient (Wildman–Crippen LogP) is 2.91. The van der Waals surface area contributed by atoms with Gasteiger partial charge in [-0.05, 0) is 30.3 Å². The van der Waals surface area contributed by atoms with Crippen LogP contribution in [0.25, 0.3) is 0 Å². The van der Waals surface area contributed by atoms with E-state index in [9.17, 15) is 9.59 Å². The number of anilines is 1. The molecule has 22 heavy (non-hydrogen) atoms. The molecule has 0 spiro atoms. The third kappa shape index (κ3) is 5.53. The molecule has 0 atom stereocenters. The van der Waals surface area contributed by atoms with Crippen molar-refractivity contribution < 1.29 is 14.0 Å². The van der Waals surface area contributed by atoms with Crippen LogP contribution < -0.4 is 10.7 Å². The number of benzene rings is 1. The lowest BCUT2D eigenvalue weighted by atomic mass is 10.2. The van der Waals surface area contributed by atoms with Crippen LogP contribution in [-0.2, 0) is 9.59 Å². The summed E-state index contributed by atoms with van der Waals surface area (Å²) in [6, 6.07) is 10.7. The topological polar surface area (TPSA) is 83.7 Å². The third-order valence-corrected chi connectivity index (χ3v) is 3.10. The lowest BCUT2D eigenvalue weighted by Gasteiger charge is -2.05. The Morgan fingerprint density at radius 3 is 2.73 bits per heavy atom. The van der Waals surface area contributed by atoms with Crippen LogP contribution in [0.3, 0.4) is 0 Å². The maximum absolute atomic E-state index is 11.7. The van der Waals surface area contributed by atoms with Gasteiger partial charge < -0.3 is 9.73 Å². The van der Waals surface area contributed by atoms with Gasteiger partial charge in [-0.2, -0.15) is 5.10 Å². The fraction of sp³-hybridized carbons (Fsp3) is 0.133. The number of halogens is 1. The van der Waals surface area contributed by atoms with E-state index in [0.29, 0.717) is 11.4 Å². The molecule has 1 aromatic heterocycles. The molecule has 1 heterocycles. The van der Waals surface area contributed by atoms with E-state index in [0.717, 1.165) is 4.47 Å². The molecule has 2 rings (SSSR count). The highest BCUT2D eigenvalue weighted by molar-refractivity contribution is 9.10. The smallest absolute Gasteiger partial charge is 0.240 e. The van der Waals surface area contributed by atoms with Crippen molar-refractivity contribution >= 4 is 39.6 Å². The fourth-order valence-electron chi connectivity index (χ4n) is 1.61. The summed E-state index contributed by atoms with van der Waals surface area (Å²) in [5, 5.41) is 6.45. The molecular formula is C15H14BrN3O3. The maximum Gasteiger partial charge on any atom is 0.240 e. The molecule has 1 aromatic carbocycles. The van der Waals surface area contributed by atoms with E-state index in [2.05, 4.69) is 31.8 Å². The van der Waals surface area contributed by atoms with Gasteiger partial charge in [-0.1, -0.05) is 22.0 Å². The summed E-state index contributed by atoms with van der Waals surface area (Å²) in [5.74, 6) is -0.0387. The number of carbonyl (C=O) groups excluding carboxylic acids is 2. The number of nitrogens with one attached hydrogen (secondary N) is 2. The van der Waals surface area contributed by atoms with E-state index in [4.69, 9.17) is 4.42 Å². The molecule has 2 amide bonds. The molecule has 7 heteroatoms. The van der Waals surface area contributed by atoms with Crippen LogP contribution in [-0.4, -0.2) is 18.0 Å². The van der Waals surface area contributed by atoms with Gasteiger partial charge in [0.1, 0.15) is 5.76 Å². The van der Waals surface area contributed by atoms with Gasteiger partial charge in [0.05, 0.1) is 12.5 Å². The number of nitrogens with zero attached hydrogens (tertiary/aromatic N) is 1. The fourth-order valence-corrected chi connectivity index (χ4v) is 2.00. The van der Waals surface area contributed by atoms with Gasteiger partial charge >= 0.3 is 0 Å². The Hall–Kier alpha value is -2.41. The SMILES string of the molecule is O=C(CCC(=O)Nc1cccc(Br)c1)NN=Cc1ccco1. The number of hydrazone groups is 1. The minimum Gasteiger partial charge on any atom is -0.463 e. The molecule has 0 saturated heterocycles. The Labute approximate surface area is 135 Å². The summed E-state index contributed by atoms with van der Waals surface area (Å²) in [6.45, 7) is 0. The Morgan fingerprint density at radius 1 is 1.18 bits per heavy atom. The van der Waals surface area contributed by atoms with Crippen LogP contribution in [0.1, 0.15) is 18.6 Å². The van der Waals surface area contributed by atoms with Gasteiger partial charge in [0, 0.05) is 23.0 Å². The zero-order valence-electron chi connectivity index (χ0n) is 11.6. The van der Waals surface area contributed by atoms with Crippen LogP contribution in [0, 0.1) is 0 Å². The van der Waals surface area contributed by atoms with E-state index in [1.807, 2.05) is 12.1 Å². The van der Waals surface area contributed by atoms with Gasteiger partial charge in [0.15, 0.2) is 0 Å². The molecule has 0 fully saturated rings. The molecule has 0 aliphatic rings. The van der Waals surface area contributed by atoms with Gasteiger partial charge in [-0.25, -0.2) is 5.43 Å². The highest BCUT2D eigenvalue weighted by Crippen LogP contribution is 2.15. The number of carbonyl (C=O) groups is 2. The van der Waals surface area contributed by atoms with Crippen molar-refractivity contribution in [2.45, 2.75) is 12.8 Å². The van der Waals surface area contributed by atoms with Crippen LogP contribution >= 0.6 is 15.9 Å². The Morgan fingerprint density at radius 2 is 2.00 bits per heavy atom. The summed E-state index contributed by atoms with van der Waals surface area (Å²) in [4.78, 5) is 23.3. The number of furan rings is 1. The average molecular weight is 364 g/mol. The number of hydrogen-bond donors (Lipinski definition) is 2. The van der Waals surface area contributed by atoms with Gasteiger partial charge in [0.2, 0.25) is 11.8 Å². The van der Waals surface area contributed by atoms with E-state index in [-0.39, 0.29) is 24.7 Å². The van der Waals surface area contributed by atoms with Crippen LogP contribution in [0.2, 0.25) is 0 Å². The Bertz CT molecular complexity index is 668. The monoisotopic (exact) mass is 363 g/mol. The summed E-state index contributed by atoms with van der Waals surface area (Å²) < 4.78 is 5.89. The molecule has 0 aliphatic heterocycles. The van der Waals surface area contributed by atoms with Crippen LogP contribution in [0.5, 0.6) is 0 Å². The average Bonchev–Trinajstić information content (AvgIpc) is 2.98. The van der Waals surface area contributed by atoms with Crippen molar-refractivity contribution in [3.8, 4) is 0 Å².